The summed E-state index contributed by atoms with van der Waals surface area (Å²) in [6.45, 7) is 17.4. The average Bonchev–Trinajstić information content (AvgIpc) is 3.02. The molecular weight excluding hydrogens is 436 g/mol. The molecule has 0 bridgehead atoms. The number of hydrogen-bond donors (Lipinski definition) is 1. The van der Waals surface area contributed by atoms with E-state index in [0.29, 0.717) is 36.9 Å². The summed E-state index contributed by atoms with van der Waals surface area (Å²) >= 11 is 0. The van der Waals surface area contributed by atoms with Crippen molar-refractivity contribution in [3.8, 4) is 0 Å². The minimum absolute atomic E-state index is 0.0637. The zero-order chi connectivity index (χ0) is 26.3. The molecule has 0 aromatic carbocycles. The minimum Gasteiger partial charge on any atom is -0.481 e. The number of Topliss-reactive ketones (excluding diaryl/α,β-unsaturated/α-hetero) is 2. The maximum absolute atomic E-state index is 13.6. The van der Waals surface area contributed by atoms with E-state index in [2.05, 4.69) is 48.5 Å². The quantitative estimate of drug-likeness (QED) is 0.340. The zero-order valence-electron chi connectivity index (χ0n) is 23.6. The lowest BCUT2D eigenvalue weighted by Crippen LogP contribution is -2.56. The van der Waals surface area contributed by atoms with Crippen LogP contribution in [0.4, 0.5) is 0 Å². The van der Waals surface area contributed by atoms with E-state index in [-0.39, 0.29) is 33.9 Å². The molecule has 3 rings (SSSR count). The van der Waals surface area contributed by atoms with Crippen LogP contribution in [0.5, 0.6) is 0 Å². The van der Waals surface area contributed by atoms with Crippen LogP contribution in [0.3, 0.4) is 0 Å². The lowest BCUT2D eigenvalue weighted by atomic mass is 9.43. The molecule has 3 aliphatic rings. The second-order valence-corrected chi connectivity index (χ2v) is 13.8. The van der Waals surface area contributed by atoms with Crippen molar-refractivity contribution in [2.75, 3.05) is 0 Å². The van der Waals surface area contributed by atoms with Gasteiger partial charge in [-0.3, -0.25) is 14.4 Å². The zero-order valence-corrected chi connectivity index (χ0v) is 23.6. The lowest BCUT2D eigenvalue weighted by molar-refractivity contribution is -0.154. The number of ketones is 2. The van der Waals surface area contributed by atoms with Gasteiger partial charge in [0, 0.05) is 23.8 Å². The van der Waals surface area contributed by atoms with Crippen LogP contribution in [-0.2, 0) is 14.4 Å². The fraction of sp³-hybridized carbons (Fsp3) is 0.839. The SMILES string of the molecule is C/C(=C1/C(=O)CC2[C@@]3(C)CCC(=O)C(C)(C)C3CC[C@]12C)C(CCC(C)CCCC(C)C)C(=O)O. The molecule has 0 aromatic rings. The molecule has 4 unspecified atom stereocenters. The molecule has 0 amide bonds. The number of carbonyl (C=O) groups is 3. The molecule has 0 spiro atoms. The Hall–Kier alpha value is -1.45. The second kappa shape index (κ2) is 10.1. The largest absolute Gasteiger partial charge is 0.481 e. The first-order valence-corrected chi connectivity index (χ1v) is 14.2. The van der Waals surface area contributed by atoms with E-state index in [1.165, 1.54) is 12.8 Å². The van der Waals surface area contributed by atoms with Gasteiger partial charge in [0.2, 0.25) is 0 Å². The third-order valence-electron chi connectivity index (χ3n) is 10.7. The molecule has 6 atom stereocenters. The summed E-state index contributed by atoms with van der Waals surface area (Å²) < 4.78 is 0. The molecule has 3 saturated carbocycles. The Balaban J connectivity index is 1.86. The molecule has 198 valence electrons. The normalized spacial score (nSPS) is 35.5. The molecule has 35 heavy (non-hydrogen) atoms. The summed E-state index contributed by atoms with van der Waals surface area (Å²) in [6, 6.07) is 0. The molecule has 4 nitrogen and oxygen atoms in total. The van der Waals surface area contributed by atoms with Gasteiger partial charge in [-0.25, -0.2) is 0 Å². The average molecular weight is 487 g/mol. The van der Waals surface area contributed by atoms with Crippen molar-refractivity contribution in [1.29, 1.82) is 0 Å². The lowest BCUT2D eigenvalue weighted by Gasteiger charge is -2.60. The number of fused-ring (bicyclic) bond motifs is 3. The Kier molecular flexibility index (Phi) is 8.14. The van der Waals surface area contributed by atoms with Gasteiger partial charge in [-0.1, -0.05) is 73.3 Å². The summed E-state index contributed by atoms with van der Waals surface area (Å²) in [5, 5.41) is 10.2. The van der Waals surface area contributed by atoms with Gasteiger partial charge >= 0.3 is 5.97 Å². The number of carboxylic acid groups (broad SMARTS) is 1. The van der Waals surface area contributed by atoms with Crippen LogP contribution < -0.4 is 0 Å². The molecule has 0 aromatic heterocycles. The fourth-order valence-corrected chi connectivity index (χ4v) is 8.56. The van der Waals surface area contributed by atoms with E-state index >= 15 is 0 Å². The second-order valence-electron chi connectivity index (χ2n) is 13.8. The first-order valence-electron chi connectivity index (χ1n) is 14.2. The summed E-state index contributed by atoms with van der Waals surface area (Å²) in [5.41, 5.74) is 0.909. The number of rotatable bonds is 9. The van der Waals surface area contributed by atoms with Crippen LogP contribution in [0.15, 0.2) is 11.1 Å². The summed E-state index contributed by atoms with van der Waals surface area (Å²) in [5.74, 6) is 0.781. The van der Waals surface area contributed by atoms with Gasteiger partial charge in [-0.05, 0) is 73.5 Å². The van der Waals surface area contributed by atoms with Crippen LogP contribution in [0.2, 0.25) is 0 Å². The molecule has 0 aliphatic heterocycles. The third-order valence-corrected chi connectivity index (χ3v) is 10.7. The predicted molar refractivity (Wildman–Crippen MR) is 141 cm³/mol. The van der Waals surface area contributed by atoms with Gasteiger partial charge in [-0.2, -0.15) is 0 Å². The van der Waals surface area contributed by atoms with Crippen LogP contribution >= 0.6 is 0 Å². The van der Waals surface area contributed by atoms with Crippen molar-refractivity contribution in [2.24, 2.45) is 45.8 Å². The molecule has 3 aliphatic carbocycles. The van der Waals surface area contributed by atoms with Gasteiger partial charge in [0.1, 0.15) is 5.78 Å². The van der Waals surface area contributed by atoms with Crippen LogP contribution in [-0.4, -0.2) is 22.6 Å². The maximum Gasteiger partial charge on any atom is 0.310 e. The first-order chi connectivity index (χ1) is 16.2. The molecule has 3 fully saturated rings. The molecule has 1 N–H and O–H groups in total. The Morgan fingerprint density at radius 3 is 2.23 bits per heavy atom. The van der Waals surface area contributed by atoms with E-state index in [1.54, 1.807) is 0 Å². The van der Waals surface area contributed by atoms with Crippen LogP contribution in [0.25, 0.3) is 0 Å². The minimum atomic E-state index is -0.798. The van der Waals surface area contributed by atoms with Gasteiger partial charge < -0.3 is 5.11 Å². The summed E-state index contributed by atoms with van der Waals surface area (Å²) in [7, 11) is 0. The van der Waals surface area contributed by atoms with E-state index in [9.17, 15) is 19.5 Å². The van der Waals surface area contributed by atoms with Crippen LogP contribution in [0, 0.1) is 45.8 Å². The van der Waals surface area contributed by atoms with Gasteiger partial charge in [0.05, 0.1) is 5.92 Å². The highest BCUT2D eigenvalue weighted by atomic mass is 16.4. The van der Waals surface area contributed by atoms with Crippen molar-refractivity contribution in [1.82, 2.24) is 0 Å². The van der Waals surface area contributed by atoms with E-state index in [1.807, 2.05) is 6.92 Å². The number of hydrogen-bond acceptors (Lipinski definition) is 3. The highest BCUT2D eigenvalue weighted by Gasteiger charge is 2.64. The molecule has 0 saturated heterocycles. The number of carbonyl (C=O) groups excluding carboxylic acids is 2. The standard InChI is InChI=1S/C31H50O4/c1-19(2)10-9-11-20(3)12-13-22(28(34)35)21(4)27-23(32)18-25-30(7)17-15-26(33)29(5,6)24(30)14-16-31(25,27)8/h19-20,22,24-25H,9-18H2,1-8H3,(H,34,35)/b27-21+/t20?,22?,24?,25?,30-,31-/m0/s1. The third kappa shape index (κ3) is 5.05. The first kappa shape index (κ1) is 28.1. The molecular formula is C31H50O4. The van der Waals surface area contributed by atoms with Crippen molar-refractivity contribution in [2.45, 2.75) is 120 Å². The van der Waals surface area contributed by atoms with Crippen molar-refractivity contribution in [3.05, 3.63) is 11.1 Å². The highest BCUT2D eigenvalue weighted by molar-refractivity contribution is 6.01. The summed E-state index contributed by atoms with van der Waals surface area (Å²) in [6.07, 6.45) is 8.74. The van der Waals surface area contributed by atoms with Gasteiger partial charge in [-0.15, -0.1) is 0 Å². The van der Waals surface area contributed by atoms with Gasteiger partial charge in [0.25, 0.3) is 0 Å². The number of carboxylic acids is 1. The molecule has 4 heteroatoms. The topological polar surface area (TPSA) is 71.4 Å². The van der Waals surface area contributed by atoms with Gasteiger partial charge in [0.15, 0.2) is 5.78 Å². The van der Waals surface area contributed by atoms with E-state index < -0.39 is 11.9 Å². The summed E-state index contributed by atoms with van der Waals surface area (Å²) in [4.78, 5) is 38.8. The maximum atomic E-state index is 13.6. The number of aliphatic carboxylic acids is 1. The Morgan fingerprint density at radius 2 is 1.63 bits per heavy atom. The van der Waals surface area contributed by atoms with E-state index in [0.717, 1.165) is 43.3 Å². The Bertz CT molecular complexity index is 880. The number of allylic oxidation sites excluding steroid dienone is 1. The van der Waals surface area contributed by atoms with Crippen molar-refractivity contribution in [3.63, 3.8) is 0 Å². The highest BCUT2D eigenvalue weighted by Crippen LogP contribution is 2.68. The molecule has 0 radical (unpaired) electrons. The predicted octanol–water partition coefficient (Wildman–Crippen LogP) is 7.65. The molecule has 0 heterocycles. The van der Waals surface area contributed by atoms with Crippen molar-refractivity contribution < 1.29 is 19.5 Å². The Labute approximate surface area is 213 Å². The smallest absolute Gasteiger partial charge is 0.310 e. The Morgan fingerprint density at radius 1 is 0.971 bits per heavy atom. The monoisotopic (exact) mass is 486 g/mol. The van der Waals surface area contributed by atoms with Crippen LogP contribution in [0.1, 0.15) is 120 Å². The van der Waals surface area contributed by atoms with E-state index in [4.69, 9.17) is 0 Å². The van der Waals surface area contributed by atoms with Crippen molar-refractivity contribution >= 4 is 17.5 Å². The fourth-order valence-electron chi connectivity index (χ4n) is 8.56.